The Morgan fingerprint density at radius 2 is 2.00 bits per heavy atom. The molecule has 0 fully saturated rings. The summed E-state index contributed by atoms with van der Waals surface area (Å²) in [5.41, 5.74) is 5.96. The van der Waals surface area contributed by atoms with Gasteiger partial charge in [-0.3, -0.25) is 0 Å². The summed E-state index contributed by atoms with van der Waals surface area (Å²) in [6.45, 7) is 0. The molecule has 1 unspecified atom stereocenters. The summed E-state index contributed by atoms with van der Waals surface area (Å²) in [7, 11) is 0. The highest BCUT2D eigenvalue weighted by Gasteiger charge is 2.34. The van der Waals surface area contributed by atoms with Crippen LogP contribution in [0.4, 0.5) is 13.2 Å². The number of aromatic hydroxyl groups is 1. The van der Waals surface area contributed by atoms with Crippen LogP contribution in [0.5, 0.6) is 11.5 Å². The molecule has 1 aliphatic rings. The number of fused-ring (bicyclic) bond motifs is 1. The van der Waals surface area contributed by atoms with Gasteiger partial charge in [0.25, 0.3) is 0 Å². The van der Waals surface area contributed by atoms with E-state index < -0.39 is 17.8 Å². The minimum Gasteiger partial charge on any atom is -0.507 e. The number of benzene rings is 2. The Hall–Kier alpha value is -2.90. The lowest BCUT2D eigenvalue weighted by atomic mass is 9.99. The molecular weight excluding hydrogens is 323 g/mol. The lowest BCUT2D eigenvalue weighted by Gasteiger charge is -2.15. The average Bonchev–Trinajstić information content (AvgIpc) is 2.96. The Balaban J connectivity index is 1.94. The molecular formula is C16H14F3N3O2. The number of rotatable bonds is 2. The molecule has 2 aromatic carbocycles. The van der Waals surface area contributed by atoms with Crippen LogP contribution in [0.25, 0.3) is 0 Å². The predicted molar refractivity (Wildman–Crippen MR) is 81.5 cm³/mol. The number of phenolic OH excluding ortho intramolecular Hbond substituents is 1. The largest absolute Gasteiger partial charge is 0.507 e. The van der Waals surface area contributed by atoms with Gasteiger partial charge >= 0.3 is 6.18 Å². The van der Waals surface area contributed by atoms with E-state index in [-0.39, 0.29) is 23.6 Å². The average molecular weight is 337 g/mol. The van der Waals surface area contributed by atoms with Crippen LogP contribution in [-0.4, -0.2) is 10.9 Å². The van der Waals surface area contributed by atoms with Crippen molar-refractivity contribution in [3.8, 4) is 11.5 Å². The summed E-state index contributed by atoms with van der Waals surface area (Å²) in [6.07, 6.45) is -4.83. The first-order valence-corrected chi connectivity index (χ1v) is 7.03. The number of hydrogen-bond donors (Lipinski definition) is 3. The van der Waals surface area contributed by atoms with Gasteiger partial charge in [0.05, 0.1) is 11.1 Å². The lowest BCUT2D eigenvalue weighted by Crippen LogP contribution is -2.16. The maximum Gasteiger partial charge on any atom is 0.416 e. The number of hydrogen-bond acceptors (Lipinski definition) is 4. The second kappa shape index (κ2) is 5.63. The van der Waals surface area contributed by atoms with E-state index in [0.29, 0.717) is 16.9 Å². The summed E-state index contributed by atoms with van der Waals surface area (Å²) in [4.78, 5) is 0. The molecule has 0 aromatic heterocycles. The number of amidine groups is 1. The molecule has 5 nitrogen and oxygen atoms in total. The van der Waals surface area contributed by atoms with Crippen LogP contribution in [0.1, 0.15) is 28.4 Å². The van der Waals surface area contributed by atoms with Crippen molar-refractivity contribution in [3.05, 3.63) is 58.7 Å². The second-order valence-electron chi connectivity index (χ2n) is 5.39. The van der Waals surface area contributed by atoms with Gasteiger partial charge in [-0.2, -0.15) is 18.3 Å². The Morgan fingerprint density at radius 3 is 2.67 bits per heavy atom. The Bertz CT molecular complexity index is 819. The number of halogens is 3. The van der Waals surface area contributed by atoms with Crippen molar-refractivity contribution in [3.63, 3.8) is 0 Å². The third-order valence-corrected chi connectivity index (χ3v) is 3.89. The molecule has 2 aromatic rings. The van der Waals surface area contributed by atoms with Gasteiger partial charge in [-0.15, -0.1) is 0 Å². The minimum absolute atomic E-state index is 0.0516. The number of ether oxygens (including phenoxy) is 1. The molecule has 0 saturated carbocycles. The summed E-state index contributed by atoms with van der Waals surface area (Å²) in [5.74, 6) is 5.27. The molecule has 24 heavy (non-hydrogen) atoms. The van der Waals surface area contributed by atoms with Crippen LogP contribution < -0.4 is 16.3 Å². The van der Waals surface area contributed by atoms with E-state index in [1.807, 2.05) is 0 Å². The number of alkyl halides is 3. The quantitative estimate of drug-likeness (QED) is 0.340. The maximum atomic E-state index is 12.8. The smallest absolute Gasteiger partial charge is 0.416 e. The van der Waals surface area contributed by atoms with Crippen LogP contribution in [0, 0.1) is 0 Å². The van der Waals surface area contributed by atoms with E-state index >= 15 is 0 Å². The number of para-hydroxylation sites is 1. The van der Waals surface area contributed by atoms with E-state index in [0.717, 1.165) is 12.1 Å². The molecule has 0 radical (unpaired) electrons. The summed E-state index contributed by atoms with van der Waals surface area (Å²) in [5, 5.41) is 13.7. The van der Waals surface area contributed by atoms with E-state index in [1.165, 1.54) is 12.1 Å². The fourth-order valence-electron chi connectivity index (χ4n) is 2.70. The van der Waals surface area contributed by atoms with Crippen molar-refractivity contribution in [1.82, 2.24) is 0 Å². The fourth-order valence-corrected chi connectivity index (χ4v) is 2.70. The topological polar surface area (TPSA) is 93.9 Å². The fraction of sp³-hybridized carbons (Fsp3) is 0.188. The number of nitrogens with zero attached hydrogens (tertiary/aromatic N) is 1. The first-order chi connectivity index (χ1) is 11.3. The Kier molecular flexibility index (Phi) is 3.75. The van der Waals surface area contributed by atoms with Crippen molar-refractivity contribution in [2.24, 2.45) is 16.7 Å². The van der Waals surface area contributed by atoms with Gasteiger partial charge < -0.3 is 21.4 Å². The van der Waals surface area contributed by atoms with Gasteiger partial charge in [0.2, 0.25) is 0 Å². The number of nitrogens with two attached hydrogens (primary N) is 2. The highest BCUT2D eigenvalue weighted by Crippen LogP contribution is 2.42. The summed E-state index contributed by atoms with van der Waals surface area (Å²) in [6, 6.07) is 8.10. The van der Waals surface area contributed by atoms with Crippen molar-refractivity contribution in [1.29, 1.82) is 0 Å². The lowest BCUT2D eigenvalue weighted by molar-refractivity contribution is -0.137. The molecule has 0 amide bonds. The molecule has 0 saturated heterocycles. The monoisotopic (exact) mass is 337 g/mol. The highest BCUT2D eigenvalue weighted by atomic mass is 19.4. The molecule has 0 bridgehead atoms. The maximum absolute atomic E-state index is 12.8. The number of phenols is 1. The summed E-state index contributed by atoms with van der Waals surface area (Å²) < 4.78 is 44.1. The first-order valence-electron chi connectivity index (χ1n) is 7.03. The zero-order valence-electron chi connectivity index (χ0n) is 12.3. The van der Waals surface area contributed by atoms with Crippen LogP contribution in [0.2, 0.25) is 0 Å². The highest BCUT2D eigenvalue weighted by molar-refractivity contribution is 6.00. The van der Waals surface area contributed by atoms with E-state index in [2.05, 4.69) is 5.10 Å². The van der Waals surface area contributed by atoms with Crippen molar-refractivity contribution >= 4 is 5.84 Å². The van der Waals surface area contributed by atoms with Crippen molar-refractivity contribution in [2.45, 2.75) is 18.7 Å². The first kappa shape index (κ1) is 16.0. The van der Waals surface area contributed by atoms with Crippen molar-refractivity contribution < 1.29 is 23.0 Å². The van der Waals surface area contributed by atoms with Gasteiger partial charge in [-0.1, -0.05) is 12.1 Å². The van der Waals surface area contributed by atoms with Gasteiger partial charge in [-0.05, 0) is 29.8 Å². The van der Waals surface area contributed by atoms with Crippen LogP contribution in [0.3, 0.4) is 0 Å². The third kappa shape index (κ3) is 2.70. The van der Waals surface area contributed by atoms with Crippen LogP contribution >= 0.6 is 0 Å². The standard InChI is InChI=1S/C16H14F3N3O2/c17-16(18,19)9-4-5-12-8(6-9)7-13(24-12)10-2-1-3-11(14(10)23)15(20)22-21/h1-6,13,23H,7,21H2,(H2,20,22). The predicted octanol–water partition coefficient (Wildman–Crippen LogP) is 2.67. The Morgan fingerprint density at radius 1 is 1.25 bits per heavy atom. The van der Waals surface area contributed by atoms with E-state index in [4.69, 9.17) is 16.3 Å². The van der Waals surface area contributed by atoms with E-state index in [9.17, 15) is 18.3 Å². The van der Waals surface area contributed by atoms with Gasteiger partial charge in [0.1, 0.15) is 17.6 Å². The van der Waals surface area contributed by atoms with Gasteiger partial charge in [-0.25, -0.2) is 0 Å². The SMILES string of the molecule is N/N=C(\N)c1cccc(C2Cc3cc(C(F)(F)F)ccc3O2)c1O. The van der Waals surface area contributed by atoms with Crippen LogP contribution in [0.15, 0.2) is 41.5 Å². The summed E-state index contributed by atoms with van der Waals surface area (Å²) >= 11 is 0. The zero-order valence-corrected chi connectivity index (χ0v) is 12.3. The van der Waals surface area contributed by atoms with Gasteiger partial charge in [0.15, 0.2) is 5.84 Å². The molecule has 5 N–H and O–H groups in total. The molecule has 0 aliphatic carbocycles. The van der Waals surface area contributed by atoms with Crippen molar-refractivity contribution in [2.75, 3.05) is 0 Å². The number of hydrazone groups is 1. The molecule has 8 heteroatoms. The molecule has 1 atom stereocenters. The Labute approximate surface area is 135 Å². The molecule has 3 rings (SSSR count). The molecule has 0 spiro atoms. The van der Waals surface area contributed by atoms with Crippen LogP contribution in [-0.2, 0) is 12.6 Å². The third-order valence-electron chi connectivity index (χ3n) is 3.89. The minimum atomic E-state index is -4.42. The molecule has 126 valence electrons. The second-order valence-corrected chi connectivity index (χ2v) is 5.39. The zero-order chi connectivity index (χ0) is 17.5. The normalized spacial score (nSPS) is 17.5. The van der Waals surface area contributed by atoms with E-state index in [1.54, 1.807) is 12.1 Å². The van der Waals surface area contributed by atoms with Gasteiger partial charge in [0, 0.05) is 12.0 Å². The molecule has 1 aliphatic heterocycles. The molecule has 1 heterocycles.